The number of rotatable bonds is 0. The molecular weight excluding hydrogens is 305 g/mol. The van der Waals surface area contributed by atoms with Crippen LogP contribution in [0.1, 0.15) is 0 Å². The predicted molar refractivity (Wildman–Crippen MR) is 34.9 cm³/mol. The van der Waals surface area contributed by atoms with Crippen molar-refractivity contribution in [1.29, 1.82) is 0 Å². The molecule has 0 amide bonds. The summed E-state index contributed by atoms with van der Waals surface area (Å²) < 4.78 is 0. The summed E-state index contributed by atoms with van der Waals surface area (Å²) in [6.07, 6.45) is 0. The summed E-state index contributed by atoms with van der Waals surface area (Å²) in [4.78, 5) is 0. The van der Waals surface area contributed by atoms with Gasteiger partial charge in [-0.1, -0.05) is 0 Å². The van der Waals surface area contributed by atoms with Crippen LogP contribution in [0.4, 0.5) is 0 Å². The van der Waals surface area contributed by atoms with Gasteiger partial charge in [0.2, 0.25) is 0 Å². The van der Waals surface area contributed by atoms with Crippen molar-refractivity contribution in [2.24, 2.45) is 0 Å². The van der Waals surface area contributed by atoms with Crippen LogP contribution in [-0.4, -0.2) is 23.2 Å². The normalized spacial score (nSPS) is 9.75. The summed E-state index contributed by atoms with van der Waals surface area (Å²) in [6, 6.07) is 0. The quantitative estimate of drug-likeness (QED) is 0.547. The van der Waals surface area contributed by atoms with Crippen molar-refractivity contribution in [3.8, 4) is 0 Å². The van der Waals surface area contributed by atoms with E-state index >= 15 is 0 Å². The second-order valence-corrected chi connectivity index (χ2v) is 72.8. The third kappa shape index (κ3) is 8.97. The molecule has 0 aromatic rings. The monoisotopic (exact) mass is 310 g/mol. The van der Waals surface area contributed by atoms with Gasteiger partial charge in [0.15, 0.2) is 0 Å². The topological polar surface area (TPSA) is 0 Å². The number of hydrogen-bond acceptors (Lipinski definition) is 0. The van der Waals surface area contributed by atoms with E-state index in [1.807, 2.05) is 0 Å². The first kappa shape index (κ1) is 6.05. The molecule has 4 heavy (non-hydrogen) atoms. The molecule has 0 rings (SSSR count). The van der Waals surface area contributed by atoms with E-state index in [0.29, 0.717) is 0 Å². The molecule has 0 radical (unpaired) electrons. The third-order valence-electron chi connectivity index (χ3n) is 0. The molecule has 0 aromatic heterocycles. The van der Waals surface area contributed by atoms with Crippen LogP contribution in [0.2, 0.25) is 0 Å². The molecule has 0 atom stereocenters. The molecule has 0 aromatic carbocycles. The van der Waals surface area contributed by atoms with E-state index in [1.165, 1.54) is 0 Å². The molecule has 4 heteroatoms. The van der Waals surface area contributed by atoms with E-state index in [-0.39, 0.29) is 0 Å². The zero-order valence-electron chi connectivity index (χ0n) is 2.33. The van der Waals surface area contributed by atoms with Crippen molar-refractivity contribution >= 4 is 51.3 Å². The second-order valence-electron chi connectivity index (χ2n) is 0.519. The second kappa shape index (κ2) is 3.24. The summed E-state index contributed by atoms with van der Waals surface area (Å²) in [5.74, 6) is 0. The molecule has 0 aliphatic carbocycles. The van der Waals surface area contributed by atoms with Crippen LogP contribution in [0.25, 0.3) is 0 Å². The Hall–Kier alpha value is 2.05. The van der Waals surface area contributed by atoms with Crippen molar-refractivity contribution in [3.63, 3.8) is 0 Å². The van der Waals surface area contributed by atoms with Crippen molar-refractivity contribution in [3.05, 3.63) is 0 Å². The average molecular weight is 309 g/mol. The number of halogens is 2. The van der Waals surface area contributed by atoms with Gasteiger partial charge in [-0.25, -0.2) is 0 Å². The fraction of sp³-hybridized carbons (Fsp3) is 0. The van der Waals surface area contributed by atoms with Crippen molar-refractivity contribution in [1.82, 2.24) is 0 Å². The van der Waals surface area contributed by atoms with E-state index in [2.05, 4.69) is 28.0 Å². The Morgan fingerprint density at radius 3 is 1.50 bits per heavy atom. The molecule has 0 unspecified atom stereocenters. The van der Waals surface area contributed by atoms with Gasteiger partial charge in [-0.3, -0.25) is 0 Å². The van der Waals surface area contributed by atoms with Gasteiger partial charge < -0.3 is 0 Å². The Bertz CT molecular complexity index is 8.75. The molecule has 0 nitrogen and oxygen atoms in total. The van der Waals surface area contributed by atoms with Gasteiger partial charge in [-0.05, 0) is 0 Å². The van der Waals surface area contributed by atoms with Gasteiger partial charge >= 0.3 is 51.3 Å². The molecule has 0 saturated carbocycles. The first-order chi connectivity index (χ1) is 1.73. The van der Waals surface area contributed by atoms with Crippen molar-refractivity contribution < 1.29 is 0 Å². The van der Waals surface area contributed by atoms with Crippen LogP contribution in [0, 0.1) is 0 Å². The van der Waals surface area contributed by atoms with Gasteiger partial charge in [0.05, 0.1) is 0 Å². The van der Waals surface area contributed by atoms with E-state index in [1.54, 1.807) is 0 Å². The first-order valence-electron chi connectivity index (χ1n) is 1.01. The minimum absolute atomic E-state index is 0.667. The Labute approximate surface area is 50.7 Å². The Morgan fingerprint density at radius 1 is 1.50 bits per heavy atom. The van der Waals surface area contributed by atoms with E-state index in [0.717, 1.165) is 14.5 Å². The molecule has 0 bridgehead atoms. The predicted octanol–water partition coefficient (Wildman–Crippen LogP) is -0.141. The summed E-state index contributed by atoms with van der Waals surface area (Å²) in [5.41, 5.74) is 0. The third-order valence-corrected chi connectivity index (χ3v) is 0. The first-order valence-corrected chi connectivity index (χ1v) is 27.4. The van der Waals surface area contributed by atoms with Crippen LogP contribution in [-0.2, 0) is 0 Å². The van der Waals surface area contributed by atoms with Gasteiger partial charge in [0.25, 0.3) is 0 Å². The maximum absolute atomic E-state index is 3.46. The standard InChI is InChI=1S/Br2Ge2H4/c1-4(2)3/h4H,3H3. The van der Waals surface area contributed by atoms with E-state index < -0.39 is 8.70 Å². The molecule has 0 heterocycles. The van der Waals surface area contributed by atoms with Crippen molar-refractivity contribution in [2.75, 3.05) is 0 Å². The van der Waals surface area contributed by atoms with Gasteiger partial charge in [0.1, 0.15) is 0 Å². The van der Waals surface area contributed by atoms with Crippen LogP contribution >= 0.6 is 28.0 Å². The summed E-state index contributed by atoms with van der Waals surface area (Å²) in [6.45, 7) is 0. The summed E-state index contributed by atoms with van der Waals surface area (Å²) in [7, 11) is -0.667. The Balaban J connectivity index is 2.32. The van der Waals surface area contributed by atoms with Gasteiger partial charge in [0, 0.05) is 0 Å². The molecule has 0 N–H and O–H groups in total. The van der Waals surface area contributed by atoms with Gasteiger partial charge in [-0.15, -0.1) is 0 Å². The van der Waals surface area contributed by atoms with E-state index in [9.17, 15) is 0 Å². The molecular formula is H4Br2Ge2. The Morgan fingerprint density at radius 2 is 1.50 bits per heavy atom. The molecule has 0 spiro atoms. The van der Waals surface area contributed by atoms with Crippen LogP contribution in [0.3, 0.4) is 0 Å². The van der Waals surface area contributed by atoms with Crippen LogP contribution in [0.15, 0.2) is 0 Å². The zero-order valence-corrected chi connectivity index (χ0v) is 12.1. The SMILES string of the molecule is [GeH3][GeH]([Br])[Br]. The maximum atomic E-state index is 3.46. The van der Waals surface area contributed by atoms with Crippen LogP contribution in [0.5, 0.6) is 0 Å². The molecule has 26 valence electrons. The van der Waals surface area contributed by atoms with Crippen LogP contribution < -0.4 is 0 Å². The minimum atomic E-state index is -0.667. The molecule has 0 fully saturated rings. The molecule has 0 aliphatic rings. The average Bonchev–Trinajstić information content (AvgIpc) is 0.811. The summed E-state index contributed by atoms with van der Waals surface area (Å²) >= 11 is 8.00. The zero-order chi connectivity index (χ0) is 3.58. The Kier molecular flexibility index (Phi) is 4.90. The fourth-order valence-electron chi connectivity index (χ4n) is 0. The fourth-order valence-corrected chi connectivity index (χ4v) is 0. The van der Waals surface area contributed by atoms with E-state index in [4.69, 9.17) is 0 Å². The number of hydrogen-bond donors (Lipinski definition) is 0. The van der Waals surface area contributed by atoms with Crippen molar-refractivity contribution in [2.45, 2.75) is 0 Å². The summed E-state index contributed by atoms with van der Waals surface area (Å²) in [5, 5.41) is 0. The van der Waals surface area contributed by atoms with Gasteiger partial charge in [-0.2, -0.15) is 0 Å². The molecule has 0 saturated heterocycles. The molecule has 0 aliphatic heterocycles.